The van der Waals surface area contributed by atoms with Crippen LogP contribution in [-0.4, -0.2) is 29.2 Å². The molecule has 5 nitrogen and oxygen atoms in total. The smallest absolute Gasteiger partial charge is 0.231 e. The van der Waals surface area contributed by atoms with Gasteiger partial charge in [-0.15, -0.1) is 0 Å². The van der Waals surface area contributed by atoms with Gasteiger partial charge in [0.15, 0.2) is 0 Å². The fourth-order valence-corrected chi connectivity index (χ4v) is 2.96. The largest absolute Gasteiger partial charge is 0.325 e. The number of benzene rings is 1. The van der Waals surface area contributed by atoms with Crippen molar-refractivity contribution < 1.29 is 4.79 Å². The summed E-state index contributed by atoms with van der Waals surface area (Å²) in [6.07, 6.45) is 4.61. The number of nitrogens with zero attached hydrogens (tertiary/aromatic N) is 1. The van der Waals surface area contributed by atoms with E-state index in [-0.39, 0.29) is 11.3 Å². The van der Waals surface area contributed by atoms with Gasteiger partial charge in [-0.25, -0.2) is 0 Å². The molecule has 0 aliphatic carbocycles. The van der Waals surface area contributed by atoms with Gasteiger partial charge >= 0.3 is 0 Å². The molecule has 5 heteroatoms. The van der Waals surface area contributed by atoms with Crippen molar-refractivity contribution in [2.75, 3.05) is 18.4 Å². The molecular formula is C15H20N4O. The van der Waals surface area contributed by atoms with Gasteiger partial charge in [-0.1, -0.05) is 13.0 Å². The first kappa shape index (κ1) is 13.1. The van der Waals surface area contributed by atoms with E-state index in [2.05, 4.69) is 27.8 Å². The number of fused-ring (bicyclic) bond motifs is 1. The molecule has 0 radical (unpaired) electrons. The van der Waals surface area contributed by atoms with E-state index in [0.717, 1.165) is 48.9 Å². The van der Waals surface area contributed by atoms with Crippen molar-refractivity contribution >= 4 is 22.5 Å². The SMILES string of the molecule is CCC1(C(=O)Nc2cccc3[nH]ncc23)CCCNC1. The zero-order chi connectivity index (χ0) is 14.0. The van der Waals surface area contributed by atoms with Gasteiger partial charge in [-0.3, -0.25) is 9.89 Å². The minimum Gasteiger partial charge on any atom is -0.325 e. The number of carbonyl (C=O) groups excluding carboxylic acids is 1. The highest BCUT2D eigenvalue weighted by molar-refractivity contribution is 6.03. The topological polar surface area (TPSA) is 69.8 Å². The molecule has 1 aromatic carbocycles. The molecule has 1 aromatic heterocycles. The van der Waals surface area contributed by atoms with Crippen LogP contribution in [0.25, 0.3) is 10.9 Å². The molecular weight excluding hydrogens is 252 g/mol. The maximum atomic E-state index is 12.7. The van der Waals surface area contributed by atoms with Crippen molar-refractivity contribution in [1.82, 2.24) is 15.5 Å². The van der Waals surface area contributed by atoms with Gasteiger partial charge in [-0.05, 0) is 37.9 Å². The molecule has 1 aliphatic rings. The maximum absolute atomic E-state index is 12.7. The number of hydrogen-bond acceptors (Lipinski definition) is 3. The van der Waals surface area contributed by atoms with E-state index >= 15 is 0 Å². The zero-order valence-electron chi connectivity index (χ0n) is 11.7. The van der Waals surface area contributed by atoms with Crippen LogP contribution >= 0.6 is 0 Å². The molecule has 1 amide bonds. The number of aromatic amines is 1. The Labute approximate surface area is 118 Å². The Morgan fingerprint density at radius 1 is 1.50 bits per heavy atom. The molecule has 1 unspecified atom stereocenters. The van der Waals surface area contributed by atoms with Crippen molar-refractivity contribution in [3.05, 3.63) is 24.4 Å². The van der Waals surface area contributed by atoms with E-state index in [9.17, 15) is 4.79 Å². The minimum absolute atomic E-state index is 0.112. The van der Waals surface area contributed by atoms with Gasteiger partial charge in [0.05, 0.1) is 22.8 Å². The number of hydrogen-bond donors (Lipinski definition) is 3. The van der Waals surface area contributed by atoms with Crippen LogP contribution in [0.15, 0.2) is 24.4 Å². The van der Waals surface area contributed by atoms with Crippen LogP contribution in [0.4, 0.5) is 5.69 Å². The molecule has 1 saturated heterocycles. The first-order valence-corrected chi connectivity index (χ1v) is 7.19. The molecule has 20 heavy (non-hydrogen) atoms. The van der Waals surface area contributed by atoms with Crippen molar-refractivity contribution in [3.63, 3.8) is 0 Å². The summed E-state index contributed by atoms with van der Waals surface area (Å²) in [5.74, 6) is 0.112. The first-order chi connectivity index (χ1) is 9.75. The van der Waals surface area contributed by atoms with E-state index < -0.39 is 0 Å². The average molecular weight is 272 g/mol. The van der Waals surface area contributed by atoms with Crippen molar-refractivity contribution in [2.45, 2.75) is 26.2 Å². The van der Waals surface area contributed by atoms with Gasteiger partial charge in [-0.2, -0.15) is 5.10 Å². The Bertz CT molecular complexity index is 613. The predicted octanol–water partition coefficient (Wildman–Crippen LogP) is 2.28. The third-order valence-corrected chi connectivity index (χ3v) is 4.36. The molecule has 0 saturated carbocycles. The first-order valence-electron chi connectivity index (χ1n) is 7.19. The zero-order valence-corrected chi connectivity index (χ0v) is 11.7. The summed E-state index contributed by atoms with van der Waals surface area (Å²) < 4.78 is 0. The number of nitrogens with one attached hydrogen (secondary N) is 3. The summed E-state index contributed by atoms with van der Waals surface area (Å²) in [6, 6.07) is 5.80. The van der Waals surface area contributed by atoms with Gasteiger partial charge in [0.25, 0.3) is 0 Å². The van der Waals surface area contributed by atoms with Crippen molar-refractivity contribution in [2.24, 2.45) is 5.41 Å². The summed E-state index contributed by atoms with van der Waals surface area (Å²) in [7, 11) is 0. The summed E-state index contributed by atoms with van der Waals surface area (Å²) >= 11 is 0. The Kier molecular flexibility index (Phi) is 3.44. The summed E-state index contributed by atoms with van der Waals surface area (Å²) in [5, 5.41) is 14.3. The highest BCUT2D eigenvalue weighted by Gasteiger charge is 2.37. The number of aromatic nitrogens is 2. The molecule has 1 atom stereocenters. The van der Waals surface area contributed by atoms with Crippen molar-refractivity contribution in [3.8, 4) is 0 Å². The number of anilines is 1. The fraction of sp³-hybridized carbons (Fsp3) is 0.467. The van der Waals surface area contributed by atoms with E-state index in [1.165, 1.54) is 0 Å². The molecule has 1 fully saturated rings. The highest BCUT2D eigenvalue weighted by atomic mass is 16.2. The Morgan fingerprint density at radius 2 is 2.40 bits per heavy atom. The monoisotopic (exact) mass is 272 g/mol. The lowest BCUT2D eigenvalue weighted by Crippen LogP contribution is -2.47. The van der Waals surface area contributed by atoms with Gasteiger partial charge in [0.1, 0.15) is 0 Å². The fourth-order valence-electron chi connectivity index (χ4n) is 2.96. The molecule has 0 bridgehead atoms. The number of carbonyl (C=O) groups is 1. The lowest BCUT2D eigenvalue weighted by Gasteiger charge is -2.35. The van der Waals surface area contributed by atoms with Crippen LogP contribution in [0.1, 0.15) is 26.2 Å². The van der Waals surface area contributed by atoms with Crippen LogP contribution in [0.5, 0.6) is 0 Å². The number of amides is 1. The van der Waals surface area contributed by atoms with Crippen LogP contribution in [-0.2, 0) is 4.79 Å². The second-order valence-electron chi connectivity index (χ2n) is 5.51. The quantitative estimate of drug-likeness (QED) is 0.803. The maximum Gasteiger partial charge on any atom is 0.231 e. The molecule has 2 aromatic rings. The summed E-state index contributed by atoms with van der Waals surface area (Å²) in [5.41, 5.74) is 1.49. The molecule has 1 aliphatic heterocycles. The molecule has 3 rings (SSSR count). The van der Waals surface area contributed by atoms with Crippen LogP contribution in [0.3, 0.4) is 0 Å². The third-order valence-electron chi connectivity index (χ3n) is 4.36. The Balaban J connectivity index is 1.86. The van der Waals surface area contributed by atoms with Gasteiger partial charge < -0.3 is 10.6 Å². The average Bonchev–Trinajstić information content (AvgIpc) is 2.97. The lowest BCUT2D eigenvalue weighted by molar-refractivity contribution is -0.126. The summed E-state index contributed by atoms with van der Waals surface area (Å²) in [6.45, 7) is 3.86. The number of rotatable bonds is 3. The van der Waals surface area contributed by atoms with Crippen molar-refractivity contribution in [1.29, 1.82) is 0 Å². The predicted molar refractivity (Wildman–Crippen MR) is 79.6 cm³/mol. The lowest BCUT2D eigenvalue weighted by atomic mass is 9.77. The van der Waals surface area contributed by atoms with Gasteiger partial charge in [0.2, 0.25) is 5.91 Å². The minimum atomic E-state index is -0.288. The van der Waals surface area contributed by atoms with E-state index in [1.54, 1.807) is 6.20 Å². The van der Waals surface area contributed by atoms with E-state index in [0.29, 0.717) is 0 Å². The molecule has 106 valence electrons. The second kappa shape index (κ2) is 5.25. The molecule has 3 N–H and O–H groups in total. The Hall–Kier alpha value is -1.88. The van der Waals surface area contributed by atoms with Crippen LogP contribution < -0.4 is 10.6 Å². The molecule has 0 spiro atoms. The third kappa shape index (κ3) is 2.18. The van der Waals surface area contributed by atoms with Crippen LogP contribution in [0.2, 0.25) is 0 Å². The molecule has 2 heterocycles. The van der Waals surface area contributed by atoms with Gasteiger partial charge in [0, 0.05) is 11.9 Å². The second-order valence-corrected chi connectivity index (χ2v) is 5.51. The highest BCUT2D eigenvalue weighted by Crippen LogP contribution is 2.32. The number of piperidine rings is 1. The summed E-state index contributed by atoms with van der Waals surface area (Å²) in [4.78, 5) is 12.7. The Morgan fingerprint density at radius 3 is 3.15 bits per heavy atom. The normalized spacial score (nSPS) is 22.9. The van der Waals surface area contributed by atoms with E-state index in [1.807, 2.05) is 18.2 Å². The van der Waals surface area contributed by atoms with E-state index in [4.69, 9.17) is 0 Å². The van der Waals surface area contributed by atoms with Crippen LogP contribution in [0, 0.1) is 5.41 Å². The standard InChI is InChI=1S/C15H20N4O/c1-2-15(7-4-8-16-10-15)14(20)18-12-5-3-6-13-11(12)9-17-19-13/h3,5-6,9,16H,2,4,7-8,10H2,1H3,(H,17,19)(H,18,20). The number of H-pyrrole nitrogens is 1.